The summed E-state index contributed by atoms with van der Waals surface area (Å²) in [4.78, 5) is 23.0. The van der Waals surface area contributed by atoms with Crippen molar-refractivity contribution in [3.63, 3.8) is 0 Å². The minimum absolute atomic E-state index is 0.0901. The fourth-order valence-electron chi connectivity index (χ4n) is 2.65. The van der Waals surface area contributed by atoms with Gasteiger partial charge in [-0.1, -0.05) is 6.07 Å². The Labute approximate surface area is 147 Å². The lowest BCUT2D eigenvalue weighted by molar-refractivity contribution is -0.133. The molecule has 2 rings (SSSR count). The predicted octanol–water partition coefficient (Wildman–Crippen LogP) is 1.64. The van der Waals surface area contributed by atoms with Crippen molar-refractivity contribution in [1.82, 2.24) is 5.32 Å². The Morgan fingerprint density at radius 2 is 2.24 bits per heavy atom. The van der Waals surface area contributed by atoms with Gasteiger partial charge in [-0.2, -0.15) is 0 Å². The Bertz CT molecular complexity index is 597. The molecule has 2 atom stereocenters. The van der Waals surface area contributed by atoms with Crippen molar-refractivity contribution in [2.24, 2.45) is 0 Å². The molecule has 0 spiro atoms. The first-order valence-corrected chi connectivity index (χ1v) is 8.42. The van der Waals surface area contributed by atoms with Crippen LogP contribution in [0.1, 0.15) is 35.7 Å². The highest BCUT2D eigenvalue weighted by atomic mass is 16.5. The molecule has 2 unspecified atom stereocenters. The van der Waals surface area contributed by atoms with Gasteiger partial charge in [-0.05, 0) is 43.9 Å². The minimum atomic E-state index is -1.00. The standard InChI is InChI=1S/C18H25NO6/c1-12(25-11-15-4-3-9-24-15)17(20)19-8-7-13-5-6-14(18(21)22)10-16(13)23-2/h5-6,10,12,15H,3-4,7-9,11H2,1-2H3,(H,19,20)(H,21,22). The zero-order valence-electron chi connectivity index (χ0n) is 14.6. The van der Waals surface area contributed by atoms with Crippen LogP contribution in [0, 0.1) is 0 Å². The molecule has 1 aromatic rings. The quantitative estimate of drug-likeness (QED) is 0.702. The summed E-state index contributed by atoms with van der Waals surface area (Å²) in [6, 6.07) is 4.70. The maximum atomic E-state index is 12.1. The van der Waals surface area contributed by atoms with Crippen molar-refractivity contribution in [1.29, 1.82) is 0 Å². The van der Waals surface area contributed by atoms with E-state index in [9.17, 15) is 9.59 Å². The van der Waals surface area contributed by atoms with E-state index < -0.39 is 12.1 Å². The van der Waals surface area contributed by atoms with Gasteiger partial charge in [0.15, 0.2) is 0 Å². The van der Waals surface area contributed by atoms with Crippen LogP contribution in [0.5, 0.6) is 5.75 Å². The highest BCUT2D eigenvalue weighted by Gasteiger charge is 2.19. The molecule has 1 heterocycles. The van der Waals surface area contributed by atoms with Crippen LogP contribution in [0.2, 0.25) is 0 Å². The van der Waals surface area contributed by atoms with Crippen LogP contribution < -0.4 is 10.1 Å². The van der Waals surface area contributed by atoms with Gasteiger partial charge in [0.25, 0.3) is 0 Å². The first-order chi connectivity index (χ1) is 12.0. The molecule has 7 nitrogen and oxygen atoms in total. The highest BCUT2D eigenvalue weighted by molar-refractivity contribution is 5.88. The SMILES string of the molecule is COc1cc(C(=O)O)ccc1CCNC(=O)C(C)OCC1CCCO1. The number of methoxy groups -OCH3 is 1. The van der Waals surface area contributed by atoms with Gasteiger partial charge in [-0.15, -0.1) is 0 Å². The summed E-state index contributed by atoms with van der Waals surface area (Å²) in [6.07, 6.45) is 2.10. The lowest BCUT2D eigenvalue weighted by atomic mass is 10.1. The van der Waals surface area contributed by atoms with E-state index in [-0.39, 0.29) is 17.6 Å². The monoisotopic (exact) mass is 351 g/mol. The average molecular weight is 351 g/mol. The van der Waals surface area contributed by atoms with Gasteiger partial charge in [0.1, 0.15) is 11.9 Å². The van der Waals surface area contributed by atoms with Crippen LogP contribution in [-0.4, -0.2) is 56.1 Å². The number of aromatic carboxylic acids is 1. The summed E-state index contributed by atoms with van der Waals surface area (Å²) < 4.78 is 16.2. The lowest BCUT2D eigenvalue weighted by Crippen LogP contribution is -2.37. The van der Waals surface area contributed by atoms with Crippen molar-refractivity contribution in [2.45, 2.75) is 38.4 Å². The largest absolute Gasteiger partial charge is 0.496 e. The van der Waals surface area contributed by atoms with E-state index in [0.29, 0.717) is 25.3 Å². The van der Waals surface area contributed by atoms with E-state index >= 15 is 0 Å². The van der Waals surface area contributed by atoms with Gasteiger partial charge in [-0.25, -0.2) is 4.79 Å². The van der Waals surface area contributed by atoms with Crippen molar-refractivity contribution in [3.8, 4) is 5.75 Å². The van der Waals surface area contributed by atoms with Crippen molar-refractivity contribution >= 4 is 11.9 Å². The summed E-state index contributed by atoms with van der Waals surface area (Å²) in [7, 11) is 1.49. The molecule has 0 aromatic heterocycles. The number of nitrogens with one attached hydrogen (secondary N) is 1. The Kier molecular flexibility index (Phi) is 7.21. The van der Waals surface area contributed by atoms with Gasteiger partial charge in [0, 0.05) is 13.2 Å². The lowest BCUT2D eigenvalue weighted by Gasteiger charge is -2.16. The second-order valence-electron chi connectivity index (χ2n) is 5.98. The smallest absolute Gasteiger partial charge is 0.335 e. The van der Waals surface area contributed by atoms with Crippen molar-refractivity contribution in [2.75, 3.05) is 26.9 Å². The molecule has 1 aromatic carbocycles. The molecule has 1 aliphatic heterocycles. The van der Waals surface area contributed by atoms with Crippen LogP contribution >= 0.6 is 0 Å². The van der Waals surface area contributed by atoms with Gasteiger partial charge in [0.2, 0.25) is 5.91 Å². The third-order valence-corrected chi connectivity index (χ3v) is 4.15. The molecule has 7 heteroatoms. The van der Waals surface area contributed by atoms with Crippen LogP contribution in [-0.2, 0) is 20.7 Å². The highest BCUT2D eigenvalue weighted by Crippen LogP contribution is 2.20. The summed E-state index contributed by atoms with van der Waals surface area (Å²) >= 11 is 0. The Morgan fingerprint density at radius 3 is 2.88 bits per heavy atom. The molecular formula is C18H25NO6. The number of carboxylic acids is 1. The number of hydrogen-bond donors (Lipinski definition) is 2. The molecule has 1 amide bonds. The zero-order valence-corrected chi connectivity index (χ0v) is 14.6. The molecule has 2 N–H and O–H groups in total. The summed E-state index contributed by atoms with van der Waals surface area (Å²) in [6.45, 7) is 3.32. The van der Waals surface area contributed by atoms with E-state index in [4.69, 9.17) is 19.3 Å². The topological polar surface area (TPSA) is 94.1 Å². The molecular weight excluding hydrogens is 326 g/mol. The number of carbonyl (C=O) groups excluding carboxylic acids is 1. The van der Waals surface area contributed by atoms with Crippen molar-refractivity contribution < 1.29 is 28.9 Å². The number of benzene rings is 1. The average Bonchev–Trinajstić information content (AvgIpc) is 3.13. The molecule has 0 saturated carbocycles. The Morgan fingerprint density at radius 1 is 1.44 bits per heavy atom. The van der Waals surface area contributed by atoms with Gasteiger partial charge < -0.3 is 24.6 Å². The Balaban J connectivity index is 1.77. The number of carboxylic acid groups (broad SMARTS) is 1. The molecule has 138 valence electrons. The number of amides is 1. The third kappa shape index (κ3) is 5.72. The normalized spacial score (nSPS) is 17.9. The summed E-state index contributed by atoms with van der Waals surface area (Å²) in [5.41, 5.74) is 1.00. The number of ether oxygens (including phenoxy) is 3. The molecule has 1 saturated heterocycles. The van der Waals surface area contributed by atoms with Gasteiger partial charge >= 0.3 is 5.97 Å². The van der Waals surface area contributed by atoms with E-state index in [1.165, 1.54) is 19.2 Å². The zero-order chi connectivity index (χ0) is 18.2. The summed E-state index contributed by atoms with van der Waals surface area (Å²) in [5, 5.41) is 11.8. The number of rotatable bonds is 9. The van der Waals surface area contributed by atoms with Crippen LogP contribution in [0.3, 0.4) is 0 Å². The van der Waals surface area contributed by atoms with Crippen LogP contribution in [0.25, 0.3) is 0 Å². The molecule has 0 radical (unpaired) electrons. The van der Waals surface area contributed by atoms with E-state index in [0.717, 1.165) is 25.0 Å². The minimum Gasteiger partial charge on any atom is -0.496 e. The predicted molar refractivity (Wildman–Crippen MR) is 91.1 cm³/mol. The fourth-order valence-corrected chi connectivity index (χ4v) is 2.65. The molecule has 1 fully saturated rings. The first kappa shape index (κ1) is 19.2. The van der Waals surface area contributed by atoms with Gasteiger partial charge in [-0.3, -0.25) is 4.79 Å². The third-order valence-electron chi connectivity index (χ3n) is 4.15. The number of hydrogen-bond acceptors (Lipinski definition) is 5. The fraction of sp³-hybridized carbons (Fsp3) is 0.556. The van der Waals surface area contributed by atoms with E-state index in [1.807, 2.05) is 0 Å². The molecule has 0 aliphatic carbocycles. The molecule has 1 aliphatic rings. The summed E-state index contributed by atoms with van der Waals surface area (Å²) in [5.74, 6) is -0.689. The van der Waals surface area contributed by atoms with Crippen LogP contribution in [0.15, 0.2) is 18.2 Å². The first-order valence-electron chi connectivity index (χ1n) is 8.42. The number of carbonyl (C=O) groups is 2. The van der Waals surface area contributed by atoms with Gasteiger partial charge in [0.05, 0.1) is 25.4 Å². The molecule has 0 bridgehead atoms. The van der Waals surface area contributed by atoms with E-state index in [1.54, 1.807) is 13.0 Å². The maximum absolute atomic E-state index is 12.1. The Hall–Kier alpha value is -2.12. The van der Waals surface area contributed by atoms with Crippen molar-refractivity contribution in [3.05, 3.63) is 29.3 Å². The maximum Gasteiger partial charge on any atom is 0.335 e. The second-order valence-corrected chi connectivity index (χ2v) is 5.98. The second kappa shape index (κ2) is 9.39. The molecule has 25 heavy (non-hydrogen) atoms. The van der Waals surface area contributed by atoms with Crippen LogP contribution in [0.4, 0.5) is 0 Å². The van der Waals surface area contributed by atoms with E-state index in [2.05, 4.69) is 5.32 Å².